The van der Waals surface area contributed by atoms with Gasteiger partial charge >= 0.3 is 0 Å². The molecule has 0 saturated carbocycles. The number of benzene rings is 1. The van der Waals surface area contributed by atoms with E-state index >= 15 is 0 Å². The normalized spacial score (nSPS) is 19.9. The Kier molecular flexibility index (Phi) is 5.04. The molecule has 18 heavy (non-hydrogen) atoms. The van der Waals surface area contributed by atoms with Crippen LogP contribution >= 0.6 is 11.6 Å². The zero-order chi connectivity index (χ0) is 13.0. The van der Waals surface area contributed by atoms with Gasteiger partial charge in [-0.2, -0.15) is 0 Å². The van der Waals surface area contributed by atoms with Gasteiger partial charge in [-0.3, -0.25) is 9.80 Å². The molecular formula is C15H23ClN2. The van der Waals surface area contributed by atoms with E-state index in [-0.39, 0.29) is 0 Å². The fourth-order valence-electron chi connectivity index (χ4n) is 2.49. The molecule has 0 N–H and O–H groups in total. The molecule has 1 aliphatic rings. The Morgan fingerprint density at radius 2 is 1.83 bits per heavy atom. The second kappa shape index (κ2) is 6.55. The molecule has 1 aromatic rings. The summed E-state index contributed by atoms with van der Waals surface area (Å²) < 4.78 is 0. The predicted octanol–water partition coefficient (Wildman–Crippen LogP) is 3.26. The minimum absolute atomic E-state index is 0.715. The smallest absolute Gasteiger partial charge is 0.0451 e. The highest BCUT2D eigenvalue weighted by Crippen LogP contribution is 2.18. The maximum atomic E-state index is 6.21. The van der Waals surface area contributed by atoms with E-state index in [0.717, 1.165) is 24.7 Å². The van der Waals surface area contributed by atoms with E-state index in [1.165, 1.54) is 25.1 Å². The maximum Gasteiger partial charge on any atom is 0.0451 e. The molecule has 1 heterocycles. The van der Waals surface area contributed by atoms with Crippen molar-refractivity contribution < 1.29 is 0 Å². The van der Waals surface area contributed by atoms with Crippen LogP contribution in [0, 0.1) is 0 Å². The highest BCUT2D eigenvalue weighted by atomic mass is 35.5. The summed E-state index contributed by atoms with van der Waals surface area (Å²) in [5.41, 5.74) is 1.25. The average molecular weight is 267 g/mol. The van der Waals surface area contributed by atoms with Crippen molar-refractivity contribution in [2.45, 2.75) is 32.9 Å². The Morgan fingerprint density at radius 3 is 2.44 bits per heavy atom. The van der Waals surface area contributed by atoms with Crippen molar-refractivity contribution in [1.29, 1.82) is 0 Å². The number of nitrogens with zero attached hydrogens (tertiary/aromatic N) is 2. The monoisotopic (exact) mass is 266 g/mol. The molecule has 0 bridgehead atoms. The van der Waals surface area contributed by atoms with E-state index < -0.39 is 0 Å². The van der Waals surface area contributed by atoms with E-state index in [0.29, 0.717) is 6.04 Å². The minimum atomic E-state index is 0.715. The number of hydrogen-bond acceptors (Lipinski definition) is 2. The Balaban J connectivity index is 1.86. The molecule has 0 aliphatic carbocycles. The van der Waals surface area contributed by atoms with Gasteiger partial charge in [-0.05, 0) is 25.0 Å². The second-order valence-electron chi connectivity index (χ2n) is 5.16. The van der Waals surface area contributed by atoms with Gasteiger partial charge in [0.05, 0.1) is 0 Å². The number of halogens is 1. The van der Waals surface area contributed by atoms with Crippen LogP contribution in [0.15, 0.2) is 24.3 Å². The topological polar surface area (TPSA) is 6.48 Å². The highest BCUT2D eigenvalue weighted by Gasteiger charge is 2.20. The molecule has 0 radical (unpaired) electrons. The molecule has 1 fully saturated rings. The van der Waals surface area contributed by atoms with Crippen molar-refractivity contribution >= 4 is 11.6 Å². The van der Waals surface area contributed by atoms with Gasteiger partial charge in [0.15, 0.2) is 0 Å². The first-order chi connectivity index (χ1) is 8.70. The van der Waals surface area contributed by atoms with Gasteiger partial charge in [0.25, 0.3) is 0 Å². The van der Waals surface area contributed by atoms with Gasteiger partial charge in [0.2, 0.25) is 0 Å². The minimum Gasteiger partial charge on any atom is -0.298 e. The Labute approximate surface area is 116 Å². The molecule has 0 aromatic heterocycles. The molecule has 1 aliphatic heterocycles. The van der Waals surface area contributed by atoms with Crippen LogP contribution in [0.2, 0.25) is 5.02 Å². The first-order valence-corrected chi connectivity index (χ1v) is 7.28. The van der Waals surface area contributed by atoms with E-state index in [1.807, 2.05) is 12.1 Å². The van der Waals surface area contributed by atoms with Crippen LogP contribution in [0.25, 0.3) is 0 Å². The van der Waals surface area contributed by atoms with Crippen molar-refractivity contribution in [1.82, 2.24) is 9.80 Å². The van der Waals surface area contributed by atoms with E-state index in [4.69, 9.17) is 11.6 Å². The second-order valence-corrected chi connectivity index (χ2v) is 5.57. The third-order valence-corrected chi connectivity index (χ3v) is 4.34. The Hall–Kier alpha value is -0.570. The summed E-state index contributed by atoms with van der Waals surface area (Å²) in [6.45, 7) is 10.2. The van der Waals surface area contributed by atoms with Crippen LogP contribution in [0.4, 0.5) is 0 Å². The largest absolute Gasteiger partial charge is 0.298 e. The van der Waals surface area contributed by atoms with Crippen LogP contribution in [0.5, 0.6) is 0 Å². The highest BCUT2D eigenvalue weighted by molar-refractivity contribution is 6.31. The predicted molar refractivity (Wildman–Crippen MR) is 78.1 cm³/mol. The third kappa shape index (κ3) is 3.47. The zero-order valence-corrected chi connectivity index (χ0v) is 12.2. The zero-order valence-electron chi connectivity index (χ0n) is 11.4. The van der Waals surface area contributed by atoms with E-state index in [1.54, 1.807) is 0 Å². The third-order valence-electron chi connectivity index (χ3n) is 3.97. The van der Waals surface area contributed by atoms with Crippen LogP contribution in [0.3, 0.4) is 0 Å². The van der Waals surface area contributed by atoms with Gasteiger partial charge in [0.1, 0.15) is 0 Å². The van der Waals surface area contributed by atoms with E-state index in [2.05, 4.69) is 35.8 Å². The van der Waals surface area contributed by atoms with Crippen LogP contribution in [-0.2, 0) is 6.54 Å². The lowest BCUT2D eigenvalue weighted by Gasteiger charge is -2.37. The fourth-order valence-corrected chi connectivity index (χ4v) is 2.68. The molecule has 1 aromatic carbocycles. The van der Waals surface area contributed by atoms with Gasteiger partial charge < -0.3 is 0 Å². The molecule has 0 spiro atoms. The summed E-state index contributed by atoms with van der Waals surface area (Å²) >= 11 is 6.21. The average Bonchev–Trinajstić information content (AvgIpc) is 2.41. The summed E-state index contributed by atoms with van der Waals surface area (Å²) in [7, 11) is 0. The molecule has 2 rings (SSSR count). The van der Waals surface area contributed by atoms with Gasteiger partial charge in [-0.25, -0.2) is 0 Å². The van der Waals surface area contributed by atoms with Gasteiger partial charge in [0, 0.05) is 43.8 Å². The molecule has 1 atom stereocenters. The van der Waals surface area contributed by atoms with Crippen LogP contribution < -0.4 is 0 Å². The summed E-state index contributed by atoms with van der Waals surface area (Å²) in [6, 6.07) is 8.88. The summed E-state index contributed by atoms with van der Waals surface area (Å²) in [4.78, 5) is 5.09. The van der Waals surface area contributed by atoms with Crippen molar-refractivity contribution in [3.8, 4) is 0 Å². The standard InChI is InChI=1S/C15H23ClN2/c1-3-13(2)18-10-8-17(9-11-18)12-14-6-4-5-7-15(14)16/h4-7,13H,3,8-12H2,1-2H3/t13-/m0/s1. The number of hydrogen-bond donors (Lipinski definition) is 0. The van der Waals surface area contributed by atoms with Crippen LogP contribution in [-0.4, -0.2) is 42.0 Å². The van der Waals surface area contributed by atoms with Crippen molar-refractivity contribution in [3.05, 3.63) is 34.9 Å². The number of rotatable bonds is 4. The number of piperazine rings is 1. The first-order valence-electron chi connectivity index (χ1n) is 6.90. The maximum absolute atomic E-state index is 6.21. The lowest BCUT2D eigenvalue weighted by molar-refractivity contribution is 0.0964. The first kappa shape index (κ1) is 13.9. The summed E-state index contributed by atoms with van der Waals surface area (Å²) in [5, 5.41) is 0.891. The SMILES string of the molecule is CC[C@H](C)N1CCN(Cc2ccccc2Cl)CC1. The molecule has 0 unspecified atom stereocenters. The van der Waals surface area contributed by atoms with Gasteiger partial charge in [-0.15, -0.1) is 0 Å². The fraction of sp³-hybridized carbons (Fsp3) is 0.600. The Morgan fingerprint density at radius 1 is 1.17 bits per heavy atom. The summed E-state index contributed by atoms with van der Waals surface area (Å²) in [5.74, 6) is 0. The molecular weight excluding hydrogens is 244 g/mol. The lowest BCUT2D eigenvalue weighted by Crippen LogP contribution is -2.49. The molecule has 1 saturated heterocycles. The quantitative estimate of drug-likeness (QED) is 0.825. The van der Waals surface area contributed by atoms with Crippen molar-refractivity contribution in [2.75, 3.05) is 26.2 Å². The lowest BCUT2D eigenvalue weighted by atomic mass is 10.1. The molecule has 2 nitrogen and oxygen atoms in total. The molecule has 100 valence electrons. The van der Waals surface area contributed by atoms with Gasteiger partial charge in [-0.1, -0.05) is 36.7 Å². The van der Waals surface area contributed by atoms with Crippen LogP contribution in [0.1, 0.15) is 25.8 Å². The molecule has 3 heteroatoms. The van der Waals surface area contributed by atoms with Crippen molar-refractivity contribution in [3.63, 3.8) is 0 Å². The van der Waals surface area contributed by atoms with E-state index in [9.17, 15) is 0 Å². The van der Waals surface area contributed by atoms with Crippen molar-refractivity contribution in [2.24, 2.45) is 0 Å². The summed E-state index contributed by atoms with van der Waals surface area (Å²) in [6.07, 6.45) is 1.24. The molecule has 0 amide bonds. The Bertz CT molecular complexity index is 373.